The average Bonchev–Trinajstić information content (AvgIpc) is 2.27. The maximum absolute atomic E-state index is 11.1. The van der Waals surface area contributed by atoms with E-state index >= 15 is 0 Å². The Kier molecular flexibility index (Phi) is 6.04. The van der Waals surface area contributed by atoms with Crippen LogP contribution in [0.2, 0.25) is 0 Å². The SMILES string of the molecule is CC(=O)C(N)CC(C)CCC1CCCCC1. The number of nitrogens with two attached hydrogens (primary N) is 1. The first-order valence-electron chi connectivity index (χ1n) is 6.85. The maximum atomic E-state index is 11.1. The fourth-order valence-electron chi connectivity index (χ4n) is 2.71. The van der Waals surface area contributed by atoms with Gasteiger partial charge in [-0.15, -0.1) is 0 Å². The zero-order valence-corrected chi connectivity index (χ0v) is 10.9. The number of ketones is 1. The second-order valence-corrected chi connectivity index (χ2v) is 5.64. The summed E-state index contributed by atoms with van der Waals surface area (Å²) >= 11 is 0. The van der Waals surface area contributed by atoms with E-state index in [1.165, 1.54) is 44.9 Å². The minimum atomic E-state index is -0.235. The summed E-state index contributed by atoms with van der Waals surface area (Å²) in [5.74, 6) is 1.68. The third-order valence-electron chi connectivity index (χ3n) is 3.97. The fourth-order valence-corrected chi connectivity index (χ4v) is 2.71. The van der Waals surface area contributed by atoms with Crippen molar-refractivity contribution in [3.8, 4) is 0 Å². The standard InChI is InChI=1S/C14H27NO/c1-11(10-14(15)12(2)16)8-9-13-6-4-3-5-7-13/h11,13-14H,3-10,15H2,1-2H3. The number of carbonyl (C=O) groups excluding carboxylic acids is 1. The molecule has 0 radical (unpaired) electrons. The zero-order valence-electron chi connectivity index (χ0n) is 10.9. The summed E-state index contributed by atoms with van der Waals surface area (Å²) < 4.78 is 0. The number of carbonyl (C=O) groups is 1. The second kappa shape index (κ2) is 7.05. The van der Waals surface area contributed by atoms with E-state index in [0.29, 0.717) is 5.92 Å². The predicted octanol–water partition coefficient (Wildman–Crippen LogP) is 3.29. The molecule has 1 rings (SSSR count). The molecule has 1 aliphatic rings. The Morgan fingerprint density at radius 1 is 1.31 bits per heavy atom. The van der Waals surface area contributed by atoms with Crippen LogP contribution in [0.5, 0.6) is 0 Å². The van der Waals surface area contributed by atoms with Crippen molar-refractivity contribution in [1.29, 1.82) is 0 Å². The highest BCUT2D eigenvalue weighted by atomic mass is 16.1. The first-order valence-corrected chi connectivity index (χ1v) is 6.85. The average molecular weight is 225 g/mol. The maximum Gasteiger partial charge on any atom is 0.146 e. The Labute approximate surface area is 100.0 Å². The van der Waals surface area contributed by atoms with E-state index in [0.717, 1.165) is 12.3 Å². The summed E-state index contributed by atoms with van der Waals surface area (Å²) in [4.78, 5) is 11.1. The van der Waals surface area contributed by atoms with Gasteiger partial charge in [-0.1, -0.05) is 51.9 Å². The molecule has 0 spiro atoms. The predicted molar refractivity (Wildman–Crippen MR) is 68.2 cm³/mol. The lowest BCUT2D eigenvalue weighted by atomic mass is 9.83. The van der Waals surface area contributed by atoms with Gasteiger partial charge in [0.2, 0.25) is 0 Å². The monoisotopic (exact) mass is 225 g/mol. The molecule has 0 saturated heterocycles. The summed E-state index contributed by atoms with van der Waals surface area (Å²) in [6.45, 7) is 3.82. The lowest BCUT2D eigenvalue weighted by molar-refractivity contribution is -0.118. The Balaban J connectivity index is 2.13. The number of rotatable bonds is 6. The van der Waals surface area contributed by atoms with Crippen molar-refractivity contribution in [2.24, 2.45) is 17.6 Å². The van der Waals surface area contributed by atoms with Crippen molar-refractivity contribution in [3.63, 3.8) is 0 Å². The molecule has 0 aromatic rings. The molecule has 2 N–H and O–H groups in total. The molecule has 2 heteroatoms. The van der Waals surface area contributed by atoms with Crippen molar-refractivity contribution in [2.75, 3.05) is 0 Å². The molecule has 0 heterocycles. The highest BCUT2D eigenvalue weighted by Crippen LogP contribution is 2.29. The molecule has 0 aliphatic heterocycles. The molecule has 2 nitrogen and oxygen atoms in total. The first kappa shape index (κ1) is 13.7. The van der Waals surface area contributed by atoms with Gasteiger partial charge in [-0.3, -0.25) is 4.79 Å². The lowest BCUT2D eigenvalue weighted by Gasteiger charge is -2.23. The van der Waals surface area contributed by atoms with Crippen LogP contribution in [0.4, 0.5) is 0 Å². The number of hydrogen-bond acceptors (Lipinski definition) is 2. The van der Waals surface area contributed by atoms with Crippen LogP contribution in [0, 0.1) is 11.8 Å². The van der Waals surface area contributed by atoms with Gasteiger partial charge in [0.25, 0.3) is 0 Å². The highest BCUT2D eigenvalue weighted by molar-refractivity contribution is 5.81. The molecule has 94 valence electrons. The Morgan fingerprint density at radius 3 is 2.50 bits per heavy atom. The normalized spacial score (nSPS) is 21.7. The van der Waals surface area contributed by atoms with Crippen LogP contribution < -0.4 is 5.73 Å². The summed E-state index contributed by atoms with van der Waals surface area (Å²) in [6.07, 6.45) is 10.6. The van der Waals surface area contributed by atoms with Crippen molar-refractivity contribution < 1.29 is 4.79 Å². The van der Waals surface area contributed by atoms with Crippen LogP contribution in [0.3, 0.4) is 0 Å². The smallest absolute Gasteiger partial charge is 0.146 e. The van der Waals surface area contributed by atoms with Crippen molar-refractivity contribution in [1.82, 2.24) is 0 Å². The van der Waals surface area contributed by atoms with Gasteiger partial charge in [0, 0.05) is 0 Å². The van der Waals surface area contributed by atoms with Gasteiger partial charge in [-0.25, -0.2) is 0 Å². The van der Waals surface area contributed by atoms with Crippen LogP contribution in [-0.4, -0.2) is 11.8 Å². The van der Waals surface area contributed by atoms with Gasteiger partial charge in [0.15, 0.2) is 0 Å². The van der Waals surface area contributed by atoms with E-state index in [1.807, 2.05) is 0 Å². The first-order chi connectivity index (χ1) is 7.59. The van der Waals surface area contributed by atoms with E-state index in [4.69, 9.17) is 5.73 Å². The molecule has 16 heavy (non-hydrogen) atoms. The summed E-state index contributed by atoms with van der Waals surface area (Å²) in [5, 5.41) is 0. The highest BCUT2D eigenvalue weighted by Gasteiger charge is 2.17. The quantitative estimate of drug-likeness (QED) is 0.753. The van der Waals surface area contributed by atoms with E-state index < -0.39 is 0 Å². The van der Waals surface area contributed by atoms with E-state index in [-0.39, 0.29) is 11.8 Å². The van der Waals surface area contributed by atoms with Crippen LogP contribution in [-0.2, 0) is 4.79 Å². The fraction of sp³-hybridized carbons (Fsp3) is 0.929. The molecular weight excluding hydrogens is 198 g/mol. The van der Waals surface area contributed by atoms with E-state index in [2.05, 4.69) is 6.92 Å². The second-order valence-electron chi connectivity index (χ2n) is 5.64. The molecular formula is C14H27NO. The summed E-state index contributed by atoms with van der Waals surface area (Å²) in [7, 11) is 0. The van der Waals surface area contributed by atoms with Crippen LogP contribution in [0.1, 0.15) is 65.2 Å². The number of Topliss-reactive ketones (excluding diaryl/α,β-unsaturated/α-hetero) is 1. The Bertz CT molecular complexity index is 209. The van der Waals surface area contributed by atoms with Gasteiger partial charge in [-0.05, 0) is 25.2 Å². The van der Waals surface area contributed by atoms with Gasteiger partial charge in [0.05, 0.1) is 6.04 Å². The lowest BCUT2D eigenvalue weighted by Crippen LogP contribution is -2.30. The van der Waals surface area contributed by atoms with Crippen molar-refractivity contribution in [3.05, 3.63) is 0 Å². The molecule has 1 fully saturated rings. The van der Waals surface area contributed by atoms with Gasteiger partial charge in [-0.2, -0.15) is 0 Å². The van der Waals surface area contributed by atoms with Crippen molar-refractivity contribution >= 4 is 5.78 Å². The Hall–Kier alpha value is -0.370. The summed E-state index contributed by atoms with van der Waals surface area (Å²) in [5.41, 5.74) is 5.78. The van der Waals surface area contributed by atoms with Crippen LogP contribution in [0.15, 0.2) is 0 Å². The molecule has 0 bridgehead atoms. The molecule has 1 aliphatic carbocycles. The summed E-state index contributed by atoms with van der Waals surface area (Å²) in [6, 6.07) is -0.235. The third kappa shape index (κ3) is 5.11. The van der Waals surface area contributed by atoms with Crippen LogP contribution in [0.25, 0.3) is 0 Å². The Morgan fingerprint density at radius 2 is 1.94 bits per heavy atom. The number of hydrogen-bond donors (Lipinski definition) is 1. The molecule has 0 amide bonds. The largest absolute Gasteiger partial charge is 0.322 e. The molecule has 0 aromatic carbocycles. The van der Waals surface area contributed by atoms with Crippen molar-refractivity contribution in [2.45, 2.75) is 71.3 Å². The van der Waals surface area contributed by atoms with Crippen LogP contribution >= 0.6 is 0 Å². The van der Waals surface area contributed by atoms with E-state index in [1.54, 1.807) is 6.92 Å². The topological polar surface area (TPSA) is 43.1 Å². The van der Waals surface area contributed by atoms with E-state index in [9.17, 15) is 4.79 Å². The molecule has 2 unspecified atom stereocenters. The molecule has 1 saturated carbocycles. The van der Waals surface area contributed by atoms with Gasteiger partial charge in [0.1, 0.15) is 5.78 Å². The third-order valence-corrected chi connectivity index (χ3v) is 3.97. The van der Waals surface area contributed by atoms with Gasteiger partial charge >= 0.3 is 0 Å². The molecule has 0 aromatic heterocycles. The molecule has 2 atom stereocenters. The van der Waals surface area contributed by atoms with Gasteiger partial charge < -0.3 is 5.73 Å². The minimum absolute atomic E-state index is 0.129. The zero-order chi connectivity index (χ0) is 12.0. The minimum Gasteiger partial charge on any atom is -0.322 e.